The maximum Gasteiger partial charge on any atom is 0.401 e. The number of hydrogen-bond acceptors (Lipinski definition) is 5. The topological polar surface area (TPSA) is 49.3 Å². The van der Waals surface area contributed by atoms with Crippen LogP contribution in [0.25, 0.3) is 0 Å². The molecule has 146 valence electrons. The molecule has 5 nitrogen and oxygen atoms in total. The third kappa shape index (κ3) is 6.12. The van der Waals surface area contributed by atoms with Crippen molar-refractivity contribution in [2.24, 2.45) is 0 Å². The molecule has 0 radical (unpaired) electrons. The zero-order chi connectivity index (χ0) is 19.3. The number of aryl methyl sites for hydroxylation is 2. The first kappa shape index (κ1) is 21.0. The van der Waals surface area contributed by atoms with Crippen LogP contribution in [0.3, 0.4) is 0 Å². The van der Waals surface area contributed by atoms with E-state index >= 15 is 0 Å². The highest BCUT2D eigenvalue weighted by Gasteiger charge is 2.31. The Morgan fingerprint density at radius 2 is 1.77 bits per heavy atom. The van der Waals surface area contributed by atoms with Gasteiger partial charge in [-0.3, -0.25) is 9.69 Å². The maximum absolute atomic E-state index is 12.5. The molecule has 1 aliphatic rings. The molecule has 9 heteroatoms. The maximum atomic E-state index is 12.5. The summed E-state index contributed by atoms with van der Waals surface area (Å²) in [7, 11) is 0. The predicted molar refractivity (Wildman–Crippen MR) is 95.3 cm³/mol. The first-order valence-corrected chi connectivity index (χ1v) is 9.87. The first-order valence-electron chi connectivity index (χ1n) is 8.64. The summed E-state index contributed by atoms with van der Waals surface area (Å²) in [4.78, 5) is 24.4. The normalized spacial score (nSPS) is 16.6. The van der Waals surface area contributed by atoms with Crippen molar-refractivity contribution >= 4 is 17.7 Å². The van der Waals surface area contributed by atoms with Gasteiger partial charge in [0.15, 0.2) is 5.16 Å². The molecule has 0 spiro atoms. The van der Waals surface area contributed by atoms with Gasteiger partial charge < -0.3 is 4.90 Å². The van der Waals surface area contributed by atoms with Crippen LogP contribution in [0.1, 0.15) is 29.8 Å². The smallest absolute Gasteiger partial charge is 0.341 e. The molecule has 0 N–H and O–H groups in total. The molecule has 2 heterocycles. The zero-order valence-electron chi connectivity index (χ0n) is 15.4. The summed E-state index contributed by atoms with van der Waals surface area (Å²) >= 11 is 1.48. The van der Waals surface area contributed by atoms with E-state index in [1.807, 2.05) is 20.1 Å². The Kier molecular flexibility index (Phi) is 7.28. The van der Waals surface area contributed by atoms with Crippen LogP contribution in [-0.4, -0.2) is 70.8 Å². The Balaban J connectivity index is 1.90. The first-order chi connectivity index (χ1) is 12.2. The van der Waals surface area contributed by atoms with Crippen LogP contribution in [0.2, 0.25) is 0 Å². The lowest BCUT2D eigenvalue weighted by Gasteiger charge is -2.23. The number of thioether (sulfide) groups is 1. The van der Waals surface area contributed by atoms with Gasteiger partial charge in [-0.2, -0.15) is 13.2 Å². The van der Waals surface area contributed by atoms with E-state index < -0.39 is 12.7 Å². The van der Waals surface area contributed by atoms with Crippen molar-refractivity contribution in [3.63, 3.8) is 0 Å². The van der Waals surface area contributed by atoms with E-state index in [1.165, 1.54) is 16.7 Å². The fourth-order valence-electron chi connectivity index (χ4n) is 3.18. The Morgan fingerprint density at radius 3 is 2.35 bits per heavy atom. The lowest BCUT2D eigenvalue weighted by atomic mass is 10.1. The molecule has 0 aliphatic carbocycles. The summed E-state index contributed by atoms with van der Waals surface area (Å²) in [5, 5.41) is 0.715. The highest BCUT2D eigenvalue weighted by atomic mass is 32.2. The van der Waals surface area contributed by atoms with E-state index in [2.05, 4.69) is 9.97 Å². The third-order valence-electron chi connectivity index (χ3n) is 4.52. The molecule has 1 aliphatic heterocycles. The van der Waals surface area contributed by atoms with Crippen molar-refractivity contribution < 1.29 is 18.0 Å². The highest BCUT2D eigenvalue weighted by Crippen LogP contribution is 2.19. The van der Waals surface area contributed by atoms with E-state index in [9.17, 15) is 18.0 Å². The average molecular weight is 390 g/mol. The van der Waals surface area contributed by atoms with E-state index in [1.54, 1.807) is 4.90 Å². The van der Waals surface area contributed by atoms with Crippen molar-refractivity contribution in [2.45, 2.75) is 44.4 Å². The van der Waals surface area contributed by atoms with E-state index in [4.69, 9.17) is 0 Å². The molecule has 1 saturated heterocycles. The lowest BCUT2D eigenvalue weighted by molar-refractivity contribution is -0.145. The largest absolute Gasteiger partial charge is 0.401 e. The molecule has 0 atom stereocenters. The monoisotopic (exact) mass is 390 g/mol. The molecule has 2 rings (SSSR count). The molecule has 0 saturated carbocycles. The van der Waals surface area contributed by atoms with Gasteiger partial charge in [-0.25, -0.2) is 9.97 Å². The fraction of sp³-hybridized carbons (Fsp3) is 0.706. The van der Waals surface area contributed by atoms with Gasteiger partial charge in [0.25, 0.3) is 0 Å². The quantitative estimate of drug-likeness (QED) is 0.572. The van der Waals surface area contributed by atoms with Gasteiger partial charge in [0.05, 0.1) is 6.54 Å². The van der Waals surface area contributed by atoms with E-state index in [0.717, 1.165) is 17.0 Å². The summed E-state index contributed by atoms with van der Waals surface area (Å²) in [6, 6.07) is 0. The Bertz CT molecular complexity index is 616. The Hall–Kier alpha value is -1.35. The standard InChI is InChI=1S/C17H25F3N4OS/c1-12-14(13(2)22-16(21-12)26-3)5-6-15(25)24-8-4-7-23(9-10-24)11-17(18,19)20/h4-11H2,1-3H3. The number of alkyl halides is 3. The lowest BCUT2D eigenvalue weighted by Crippen LogP contribution is -2.38. The van der Waals surface area contributed by atoms with Crippen molar-refractivity contribution in [3.8, 4) is 0 Å². The van der Waals surface area contributed by atoms with Crippen LogP contribution in [-0.2, 0) is 11.2 Å². The second-order valence-corrected chi connectivity index (χ2v) is 7.26. The van der Waals surface area contributed by atoms with Crippen LogP contribution in [0.4, 0.5) is 13.2 Å². The van der Waals surface area contributed by atoms with Crippen molar-refractivity contribution in [3.05, 3.63) is 17.0 Å². The number of nitrogens with zero attached hydrogens (tertiary/aromatic N) is 4. The molecular formula is C17H25F3N4OS. The molecule has 0 unspecified atom stereocenters. The van der Waals surface area contributed by atoms with Gasteiger partial charge in [-0.1, -0.05) is 11.8 Å². The molecule has 0 aromatic carbocycles. The van der Waals surface area contributed by atoms with Gasteiger partial charge in [0.1, 0.15) is 0 Å². The van der Waals surface area contributed by atoms with Crippen LogP contribution in [0.5, 0.6) is 0 Å². The number of halogens is 3. The van der Waals surface area contributed by atoms with Crippen molar-refractivity contribution in [2.75, 3.05) is 39.0 Å². The molecule has 1 fully saturated rings. The molecule has 1 aromatic rings. The van der Waals surface area contributed by atoms with Crippen molar-refractivity contribution in [1.29, 1.82) is 0 Å². The van der Waals surface area contributed by atoms with Gasteiger partial charge in [-0.05, 0) is 38.5 Å². The van der Waals surface area contributed by atoms with Gasteiger partial charge in [0.2, 0.25) is 5.91 Å². The minimum Gasteiger partial charge on any atom is -0.341 e. The minimum atomic E-state index is -4.20. The Morgan fingerprint density at radius 1 is 1.12 bits per heavy atom. The van der Waals surface area contributed by atoms with E-state index in [0.29, 0.717) is 44.1 Å². The number of hydrogen-bond donors (Lipinski definition) is 0. The van der Waals surface area contributed by atoms with E-state index in [-0.39, 0.29) is 12.5 Å². The number of carbonyl (C=O) groups is 1. The SMILES string of the molecule is CSc1nc(C)c(CCC(=O)N2CCCN(CC(F)(F)F)CC2)c(C)n1. The number of rotatable bonds is 5. The summed E-state index contributed by atoms with van der Waals surface area (Å²) in [5.74, 6) is -0.0217. The minimum absolute atomic E-state index is 0.0217. The molecule has 0 bridgehead atoms. The zero-order valence-corrected chi connectivity index (χ0v) is 16.2. The highest BCUT2D eigenvalue weighted by molar-refractivity contribution is 7.98. The number of carbonyl (C=O) groups excluding carboxylic acids is 1. The van der Waals surface area contributed by atoms with Gasteiger partial charge >= 0.3 is 6.18 Å². The summed E-state index contributed by atoms with van der Waals surface area (Å²) in [5.41, 5.74) is 2.73. The fourth-order valence-corrected chi connectivity index (χ4v) is 3.64. The van der Waals surface area contributed by atoms with Gasteiger partial charge in [0, 0.05) is 44.0 Å². The summed E-state index contributed by atoms with van der Waals surface area (Å²) in [6.45, 7) is 4.39. The molecular weight excluding hydrogens is 365 g/mol. The predicted octanol–water partition coefficient (Wildman–Crippen LogP) is 2.84. The summed E-state index contributed by atoms with van der Waals surface area (Å²) in [6.07, 6.45) is -0.849. The van der Waals surface area contributed by atoms with Crippen LogP contribution in [0, 0.1) is 13.8 Å². The molecule has 1 amide bonds. The second-order valence-electron chi connectivity index (χ2n) is 6.49. The molecule has 26 heavy (non-hydrogen) atoms. The van der Waals surface area contributed by atoms with Crippen LogP contribution in [0.15, 0.2) is 5.16 Å². The second kappa shape index (κ2) is 9.03. The van der Waals surface area contributed by atoms with Crippen LogP contribution < -0.4 is 0 Å². The van der Waals surface area contributed by atoms with Gasteiger partial charge in [-0.15, -0.1) is 0 Å². The van der Waals surface area contributed by atoms with Crippen molar-refractivity contribution in [1.82, 2.24) is 19.8 Å². The molecule has 1 aromatic heterocycles. The Labute approximate surface area is 156 Å². The third-order valence-corrected chi connectivity index (χ3v) is 5.06. The average Bonchev–Trinajstić information content (AvgIpc) is 2.77. The number of amides is 1. The summed E-state index contributed by atoms with van der Waals surface area (Å²) < 4.78 is 37.6. The number of aromatic nitrogens is 2. The van der Waals surface area contributed by atoms with Crippen LogP contribution >= 0.6 is 11.8 Å².